The van der Waals surface area contributed by atoms with Crippen molar-refractivity contribution in [3.05, 3.63) is 59.1 Å². The van der Waals surface area contributed by atoms with Crippen LogP contribution in [0.3, 0.4) is 0 Å². The number of rotatable bonds is 3. The molecule has 1 aliphatic rings. The first-order valence-electron chi connectivity index (χ1n) is 7.29. The largest absolute Gasteiger partial charge is 0.504 e. The van der Waals surface area contributed by atoms with Crippen LogP contribution in [0.2, 0.25) is 0 Å². The molecule has 0 bridgehead atoms. The highest BCUT2D eigenvalue weighted by atomic mass is 16.5. The van der Waals surface area contributed by atoms with Crippen LogP contribution in [0.25, 0.3) is 0 Å². The first-order chi connectivity index (χ1) is 11.0. The molecule has 120 valence electrons. The molecule has 0 fully saturated rings. The second kappa shape index (κ2) is 5.64. The summed E-state index contributed by atoms with van der Waals surface area (Å²) in [5.74, 6) is 0.918. The molecule has 6 heteroatoms. The Morgan fingerprint density at radius 2 is 1.91 bits per heavy atom. The van der Waals surface area contributed by atoms with Crippen LogP contribution in [-0.2, 0) is 0 Å². The van der Waals surface area contributed by atoms with E-state index in [0.717, 1.165) is 11.1 Å². The number of phenolic OH excluding ortho intramolecular Hbond substituents is 1. The molecular weight excluding hydrogens is 294 g/mol. The van der Waals surface area contributed by atoms with E-state index in [-0.39, 0.29) is 17.6 Å². The molecule has 0 saturated carbocycles. The third kappa shape index (κ3) is 2.59. The summed E-state index contributed by atoms with van der Waals surface area (Å²) in [6, 6.07) is 10.5. The number of fused-ring (bicyclic) bond motifs is 1. The SMILES string of the molecule is CCOc1cc(C2C(N)=C(N)Oc3cc(N)ccc32)ccc1O. The molecule has 1 unspecified atom stereocenters. The van der Waals surface area contributed by atoms with Crippen LogP contribution in [0.15, 0.2) is 48.0 Å². The summed E-state index contributed by atoms with van der Waals surface area (Å²) in [6.45, 7) is 2.30. The fourth-order valence-electron chi connectivity index (χ4n) is 2.71. The Labute approximate surface area is 134 Å². The Morgan fingerprint density at radius 1 is 1.13 bits per heavy atom. The van der Waals surface area contributed by atoms with Crippen molar-refractivity contribution in [1.82, 2.24) is 0 Å². The van der Waals surface area contributed by atoms with Crippen molar-refractivity contribution in [2.75, 3.05) is 12.3 Å². The normalized spacial score (nSPS) is 16.7. The summed E-state index contributed by atoms with van der Waals surface area (Å²) < 4.78 is 11.0. The minimum atomic E-state index is -0.292. The maximum absolute atomic E-state index is 9.88. The molecule has 0 aromatic heterocycles. The monoisotopic (exact) mass is 313 g/mol. The zero-order valence-corrected chi connectivity index (χ0v) is 12.7. The molecule has 0 amide bonds. The van der Waals surface area contributed by atoms with E-state index in [2.05, 4.69) is 0 Å². The summed E-state index contributed by atoms with van der Waals surface area (Å²) in [4.78, 5) is 0. The third-order valence-electron chi connectivity index (χ3n) is 3.78. The van der Waals surface area contributed by atoms with Gasteiger partial charge in [0, 0.05) is 17.3 Å². The maximum Gasteiger partial charge on any atom is 0.210 e. The fourth-order valence-corrected chi connectivity index (χ4v) is 2.71. The average molecular weight is 313 g/mol. The summed E-state index contributed by atoms with van der Waals surface area (Å²) in [5, 5.41) is 9.88. The topological polar surface area (TPSA) is 117 Å². The van der Waals surface area contributed by atoms with Gasteiger partial charge in [0.25, 0.3) is 0 Å². The molecule has 0 saturated heterocycles. The molecule has 0 aliphatic carbocycles. The van der Waals surface area contributed by atoms with Gasteiger partial charge in [0.05, 0.1) is 18.2 Å². The highest BCUT2D eigenvalue weighted by molar-refractivity contribution is 5.58. The molecule has 2 aromatic carbocycles. The van der Waals surface area contributed by atoms with Crippen molar-refractivity contribution in [3.63, 3.8) is 0 Å². The quantitative estimate of drug-likeness (QED) is 0.644. The first kappa shape index (κ1) is 14.9. The molecule has 1 heterocycles. The van der Waals surface area contributed by atoms with E-state index in [4.69, 9.17) is 26.7 Å². The van der Waals surface area contributed by atoms with Gasteiger partial charge in [0.2, 0.25) is 5.88 Å². The summed E-state index contributed by atoms with van der Waals surface area (Å²) in [5.41, 5.74) is 20.6. The zero-order chi connectivity index (χ0) is 16.6. The number of anilines is 1. The number of nitrogens with two attached hydrogens (primary N) is 3. The van der Waals surface area contributed by atoms with Crippen LogP contribution in [0.4, 0.5) is 5.69 Å². The molecule has 7 N–H and O–H groups in total. The number of ether oxygens (including phenoxy) is 2. The second-order valence-corrected chi connectivity index (χ2v) is 5.31. The summed E-state index contributed by atoms with van der Waals surface area (Å²) in [6.07, 6.45) is 0. The van der Waals surface area contributed by atoms with E-state index in [9.17, 15) is 5.11 Å². The first-order valence-corrected chi connectivity index (χ1v) is 7.29. The van der Waals surface area contributed by atoms with Gasteiger partial charge in [-0.05, 0) is 30.7 Å². The lowest BCUT2D eigenvalue weighted by atomic mass is 9.86. The van der Waals surface area contributed by atoms with Crippen LogP contribution in [0.1, 0.15) is 24.0 Å². The number of benzene rings is 2. The van der Waals surface area contributed by atoms with Gasteiger partial charge >= 0.3 is 0 Å². The van der Waals surface area contributed by atoms with Gasteiger partial charge in [-0.3, -0.25) is 0 Å². The van der Waals surface area contributed by atoms with E-state index in [1.807, 2.05) is 13.0 Å². The summed E-state index contributed by atoms with van der Waals surface area (Å²) >= 11 is 0. The van der Waals surface area contributed by atoms with E-state index >= 15 is 0 Å². The molecule has 2 aromatic rings. The minimum Gasteiger partial charge on any atom is -0.504 e. The highest BCUT2D eigenvalue weighted by Gasteiger charge is 2.29. The van der Waals surface area contributed by atoms with Gasteiger partial charge in [-0.25, -0.2) is 0 Å². The van der Waals surface area contributed by atoms with Gasteiger partial charge in [-0.2, -0.15) is 0 Å². The van der Waals surface area contributed by atoms with E-state index in [1.54, 1.807) is 30.3 Å². The minimum absolute atomic E-state index is 0.0794. The Balaban J connectivity index is 2.14. The number of phenols is 1. The molecule has 23 heavy (non-hydrogen) atoms. The average Bonchev–Trinajstić information content (AvgIpc) is 2.51. The third-order valence-corrected chi connectivity index (χ3v) is 3.78. The van der Waals surface area contributed by atoms with E-state index in [1.165, 1.54) is 0 Å². The van der Waals surface area contributed by atoms with Crippen LogP contribution in [0, 0.1) is 0 Å². The fraction of sp³-hybridized carbons (Fsp3) is 0.176. The summed E-state index contributed by atoms with van der Waals surface area (Å²) in [7, 11) is 0. The van der Waals surface area contributed by atoms with Gasteiger partial charge in [-0.15, -0.1) is 0 Å². The van der Waals surface area contributed by atoms with E-state index in [0.29, 0.717) is 29.5 Å². The van der Waals surface area contributed by atoms with Gasteiger partial charge in [0.1, 0.15) is 5.75 Å². The van der Waals surface area contributed by atoms with Crippen molar-refractivity contribution >= 4 is 5.69 Å². The smallest absolute Gasteiger partial charge is 0.210 e. The van der Waals surface area contributed by atoms with Crippen LogP contribution < -0.4 is 26.7 Å². The molecule has 0 radical (unpaired) electrons. The van der Waals surface area contributed by atoms with Crippen molar-refractivity contribution < 1.29 is 14.6 Å². The lowest BCUT2D eigenvalue weighted by molar-refractivity contribution is 0.317. The maximum atomic E-state index is 9.88. The number of hydrogen-bond donors (Lipinski definition) is 4. The predicted molar refractivity (Wildman–Crippen MR) is 88.0 cm³/mol. The zero-order valence-electron chi connectivity index (χ0n) is 12.7. The molecule has 3 rings (SSSR count). The Hall–Kier alpha value is -3.02. The van der Waals surface area contributed by atoms with Crippen molar-refractivity contribution in [2.24, 2.45) is 11.5 Å². The number of nitrogen functional groups attached to an aromatic ring is 1. The molecule has 1 atom stereocenters. The Kier molecular flexibility index (Phi) is 3.65. The van der Waals surface area contributed by atoms with Crippen LogP contribution in [0.5, 0.6) is 17.2 Å². The Morgan fingerprint density at radius 3 is 2.65 bits per heavy atom. The van der Waals surface area contributed by atoms with Crippen molar-refractivity contribution in [2.45, 2.75) is 12.8 Å². The van der Waals surface area contributed by atoms with Crippen LogP contribution >= 0.6 is 0 Å². The number of allylic oxidation sites excluding steroid dienone is 1. The highest BCUT2D eigenvalue weighted by Crippen LogP contribution is 2.42. The molecular formula is C17H19N3O3. The van der Waals surface area contributed by atoms with Gasteiger partial charge < -0.3 is 31.8 Å². The van der Waals surface area contributed by atoms with Gasteiger partial charge in [0.15, 0.2) is 11.5 Å². The standard InChI is InChI=1S/C17H19N3O3/c1-2-22-14-7-9(3-6-12(14)21)15-11-5-4-10(18)8-13(11)23-17(20)16(15)19/h3-8,15,21H,2,18-20H2,1H3. The molecule has 0 spiro atoms. The molecule has 1 aliphatic heterocycles. The number of hydrogen-bond acceptors (Lipinski definition) is 6. The lowest BCUT2D eigenvalue weighted by Gasteiger charge is -2.28. The number of aromatic hydroxyl groups is 1. The molecule has 6 nitrogen and oxygen atoms in total. The van der Waals surface area contributed by atoms with E-state index < -0.39 is 0 Å². The lowest BCUT2D eigenvalue weighted by Crippen LogP contribution is -2.26. The van der Waals surface area contributed by atoms with Crippen LogP contribution in [-0.4, -0.2) is 11.7 Å². The Bertz CT molecular complexity index is 787. The van der Waals surface area contributed by atoms with Gasteiger partial charge in [-0.1, -0.05) is 12.1 Å². The van der Waals surface area contributed by atoms with Crippen molar-refractivity contribution in [3.8, 4) is 17.2 Å². The van der Waals surface area contributed by atoms with Crippen molar-refractivity contribution in [1.29, 1.82) is 0 Å². The second-order valence-electron chi connectivity index (χ2n) is 5.31. The predicted octanol–water partition coefficient (Wildman–Crippen LogP) is 1.98.